The minimum atomic E-state index is 0.702. The summed E-state index contributed by atoms with van der Waals surface area (Å²) in [6.07, 6.45) is 2.17. The first-order valence-electron chi connectivity index (χ1n) is 6.01. The molecule has 86 valence electrons. The molecule has 1 aromatic carbocycles. The quantitative estimate of drug-likeness (QED) is 0.710. The maximum absolute atomic E-state index is 11.0. The number of carbonyl (C=O) groups is 1. The van der Waals surface area contributed by atoms with Crippen molar-refractivity contribution in [2.24, 2.45) is 11.8 Å². The molecule has 0 saturated carbocycles. The van der Waals surface area contributed by atoms with E-state index in [4.69, 9.17) is 0 Å². The molecule has 2 nitrogen and oxygen atoms in total. The Kier molecular flexibility index (Phi) is 3.28. The van der Waals surface area contributed by atoms with Crippen molar-refractivity contribution in [2.75, 3.05) is 18.0 Å². The fourth-order valence-corrected chi connectivity index (χ4v) is 2.36. The molecule has 2 heteroatoms. The lowest BCUT2D eigenvalue weighted by Crippen LogP contribution is -2.38. The Hall–Kier alpha value is -1.31. The van der Waals surface area contributed by atoms with E-state index in [1.807, 2.05) is 24.3 Å². The molecule has 0 bridgehead atoms. The van der Waals surface area contributed by atoms with E-state index in [0.29, 0.717) is 5.92 Å². The highest BCUT2D eigenvalue weighted by Gasteiger charge is 2.23. The highest BCUT2D eigenvalue weighted by atomic mass is 16.1. The molecule has 0 amide bonds. The largest absolute Gasteiger partial charge is 0.371 e. The first kappa shape index (κ1) is 11.2. The fourth-order valence-electron chi connectivity index (χ4n) is 2.36. The number of piperidine rings is 1. The number of benzene rings is 1. The molecular formula is C14H19NO. The van der Waals surface area contributed by atoms with Crippen molar-refractivity contribution in [1.82, 2.24) is 0 Å². The highest BCUT2D eigenvalue weighted by Crippen LogP contribution is 2.28. The Morgan fingerprint density at radius 2 is 2.00 bits per heavy atom. The van der Waals surface area contributed by atoms with E-state index in [-0.39, 0.29) is 0 Å². The Balaban J connectivity index is 2.21. The van der Waals surface area contributed by atoms with E-state index < -0.39 is 0 Å². The second-order valence-electron chi connectivity index (χ2n) is 4.87. The second kappa shape index (κ2) is 4.69. The predicted octanol–water partition coefficient (Wildman–Crippen LogP) is 2.98. The number of hydrogen-bond donors (Lipinski definition) is 0. The van der Waals surface area contributed by atoms with Crippen LogP contribution >= 0.6 is 0 Å². The predicted molar refractivity (Wildman–Crippen MR) is 67.0 cm³/mol. The van der Waals surface area contributed by atoms with Crippen molar-refractivity contribution in [1.29, 1.82) is 0 Å². The lowest BCUT2D eigenvalue weighted by molar-refractivity contribution is 0.112. The zero-order valence-electron chi connectivity index (χ0n) is 10.0. The van der Waals surface area contributed by atoms with Gasteiger partial charge in [-0.1, -0.05) is 26.0 Å². The summed E-state index contributed by atoms with van der Waals surface area (Å²) < 4.78 is 0. The Labute approximate surface area is 97.3 Å². The number of para-hydroxylation sites is 1. The van der Waals surface area contributed by atoms with Crippen molar-refractivity contribution < 1.29 is 4.79 Å². The SMILES string of the molecule is CC1CCN(c2ccccc2C=O)CC1C. The molecule has 0 radical (unpaired) electrons. The number of rotatable bonds is 2. The van der Waals surface area contributed by atoms with Crippen LogP contribution in [0.5, 0.6) is 0 Å². The number of hydrogen-bond acceptors (Lipinski definition) is 2. The van der Waals surface area contributed by atoms with Crippen LogP contribution in [0, 0.1) is 11.8 Å². The van der Waals surface area contributed by atoms with Crippen molar-refractivity contribution in [3.8, 4) is 0 Å². The molecule has 2 rings (SSSR count). The van der Waals surface area contributed by atoms with Gasteiger partial charge >= 0.3 is 0 Å². The van der Waals surface area contributed by atoms with E-state index in [9.17, 15) is 4.79 Å². The van der Waals surface area contributed by atoms with Crippen LogP contribution in [-0.4, -0.2) is 19.4 Å². The topological polar surface area (TPSA) is 20.3 Å². The van der Waals surface area contributed by atoms with Crippen LogP contribution in [0.25, 0.3) is 0 Å². The summed E-state index contributed by atoms with van der Waals surface area (Å²) in [5.41, 5.74) is 1.90. The van der Waals surface area contributed by atoms with Crippen LogP contribution in [0.2, 0.25) is 0 Å². The molecule has 2 atom stereocenters. The van der Waals surface area contributed by atoms with Gasteiger partial charge in [-0.05, 0) is 30.4 Å². The summed E-state index contributed by atoms with van der Waals surface area (Å²) in [5.74, 6) is 1.49. The van der Waals surface area contributed by atoms with Crippen LogP contribution in [0.4, 0.5) is 5.69 Å². The van der Waals surface area contributed by atoms with Gasteiger partial charge in [0.2, 0.25) is 0 Å². The molecule has 1 heterocycles. The Morgan fingerprint density at radius 3 is 2.69 bits per heavy atom. The van der Waals surface area contributed by atoms with Crippen molar-refractivity contribution in [3.63, 3.8) is 0 Å². The van der Waals surface area contributed by atoms with Crippen LogP contribution < -0.4 is 4.90 Å². The molecule has 1 saturated heterocycles. The van der Waals surface area contributed by atoms with Gasteiger partial charge in [-0.3, -0.25) is 4.79 Å². The van der Waals surface area contributed by atoms with Crippen LogP contribution in [0.3, 0.4) is 0 Å². The van der Waals surface area contributed by atoms with Crippen molar-refractivity contribution >= 4 is 12.0 Å². The van der Waals surface area contributed by atoms with Gasteiger partial charge in [-0.25, -0.2) is 0 Å². The minimum Gasteiger partial charge on any atom is -0.371 e. The van der Waals surface area contributed by atoms with E-state index in [1.54, 1.807) is 0 Å². The summed E-state index contributed by atoms with van der Waals surface area (Å²) >= 11 is 0. The summed E-state index contributed by atoms with van der Waals surface area (Å²) in [6, 6.07) is 7.87. The third kappa shape index (κ3) is 2.11. The summed E-state index contributed by atoms with van der Waals surface area (Å²) in [7, 11) is 0. The standard InChI is InChI=1S/C14H19NO/c1-11-7-8-15(9-12(11)2)14-6-4-3-5-13(14)10-16/h3-6,10-12H,7-9H2,1-2H3. The summed E-state index contributed by atoms with van der Waals surface area (Å²) in [5, 5.41) is 0. The smallest absolute Gasteiger partial charge is 0.152 e. The monoisotopic (exact) mass is 217 g/mol. The average Bonchev–Trinajstić information content (AvgIpc) is 2.32. The number of nitrogens with zero attached hydrogens (tertiary/aromatic N) is 1. The molecule has 2 unspecified atom stereocenters. The van der Waals surface area contributed by atoms with Crippen molar-refractivity contribution in [3.05, 3.63) is 29.8 Å². The number of aldehydes is 1. The number of anilines is 1. The van der Waals surface area contributed by atoms with Gasteiger partial charge in [0.25, 0.3) is 0 Å². The lowest BCUT2D eigenvalue weighted by atomic mass is 9.88. The van der Waals surface area contributed by atoms with E-state index in [1.165, 1.54) is 6.42 Å². The molecule has 16 heavy (non-hydrogen) atoms. The van der Waals surface area contributed by atoms with Crippen LogP contribution in [0.15, 0.2) is 24.3 Å². The fraction of sp³-hybridized carbons (Fsp3) is 0.500. The molecule has 0 N–H and O–H groups in total. The minimum absolute atomic E-state index is 0.702. The third-order valence-corrected chi connectivity index (χ3v) is 3.74. The van der Waals surface area contributed by atoms with Gasteiger partial charge in [0.15, 0.2) is 6.29 Å². The zero-order valence-corrected chi connectivity index (χ0v) is 10.0. The van der Waals surface area contributed by atoms with Gasteiger partial charge in [0, 0.05) is 24.3 Å². The maximum Gasteiger partial charge on any atom is 0.152 e. The van der Waals surface area contributed by atoms with Gasteiger partial charge < -0.3 is 4.90 Å². The molecule has 1 aliphatic rings. The molecule has 0 aromatic heterocycles. The molecule has 1 aliphatic heterocycles. The zero-order chi connectivity index (χ0) is 11.5. The van der Waals surface area contributed by atoms with E-state index in [2.05, 4.69) is 18.7 Å². The lowest BCUT2D eigenvalue weighted by Gasteiger charge is -2.37. The average molecular weight is 217 g/mol. The maximum atomic E-state index is 11.0. The summed E-state index contributed by atoms with van der Waals surface area (Å²) in [6.45, 7) is 6.73. The molecule has 1 aromatic rings. The first-order valence-corrected chi connectivity index (χ1v) is 6.01. The normalized spacial score (nSPS) is 25.5. The Bertz CT molecular complexity index is 375. The van der Waals surface area contributed by atoms with Gasteiger partial charge in [0.05, 0.1) is 0 Å². The molecule has 0 spiro atoms. The number of carbonyl (C=O) groups excluding carboxylic acids is 1. The highest BCUT2D eigenvalue weighted by molar-refractivity contribution is 5.84. The summed E-state index contributed by atoms with van der Waals surface area (Å²) in [4.78, 5) is 13.3. The van der Waals surface area contributed by atoms with E-state index >= 15 is 0 Å². The van der Waals surface area contributed by atoms with Crippen molar-refractivity contribution in [2.45, 2.75) is 20.3 Å². The van der Waals surface area contributed by atoms with Gasteiger partial charge in [-0.2, -0.15) is 0 Å². The van der Waals surface area contributed by atoms with Crippen LogP contribution in [-0.2, 0) is 0 Å². The van der Waals surface area contributed by atoms with Gasteiger partial charge in [-0.15, -0.1) is 0 Å². The van der Waals surface area contributed by atoms with Gasteiger partial charge in [0.1, 0.15) is 0 Å². The van der Waals surface area contributed by atoms with Crippen LogP contribution in [0.1, 0.15) is 30.6 Å². The molecule has 1 fully saturated rings. The first-order chi connectivity index (χ1) is 7.72. The van der Waals surface area contributed by atoms with E-state index in [0.717, 1.165) is 36.5 Å². The third-order valence-electron chi connectivity index (χ3n) is 3.74. The second-order valence-corrected chi connectivity index (χ2v) is 4.87. The molecular weight excluding hydrogens is 198 g/mol. The molecule has 0 aliphatic carbocycles. The Morgan fingerprint density at radius 1 is 1.25 bits per heavy atom.